The molecule has 92 valence electrons. The number of halogens is 3. The van der Waals surface area contributed by atoms with Gasteiger partial charge in [-0.2, -0.15) is 0 Å². The number of aromatic nitrogens is 1. The highest BCUT2D eigenvalue weighted by atomic mass is 19.4. The van der Waals surface area contributed by atoms with Crippen molar-refractivity contribution in [2.45, 2.75) is 19.7 Å². The quantitative estimate of drug-likeness (QED) is 0.604. The van der Waals surface area contributed by atoms with Crippen molar-refractivity contribution in [2.24, 2.45) is 0 Å². The number of carbonyl (C=O) groups is 1. The summed E-state index contributed by atoms with van der Waals surface area (Å²) >= 11 is 0. The summed E-state index contributed by atoms with van der Waals surface area (Å²) < 4.78 is 40.2. The average molecular weight is 245 g/mol. The molecule has 3 nitrogen and oxygen atoms in total. The summed E-state index contributed by atoms with van der Waals surface area (Å²) in [5.74, 6) is -0.995. The Morgan fingerprint density at radius 3 is 2.71 bits per heavy atom. The van der Waals surface area contributed by atoms with Gasteiger partial charge in [-0.3, -0.25) is 9.78 Å². The summed E-state index contributed by atoms with van der Waals surface area (Å²) in [5, 5.41) is 0. The molecule has 0 saturated heterocycles. The fraction of sp³-hybridized carbons (Fsp3) is 0.273. The minimum absolute atomic E-state index is 0.102. The fourth-order valence-electron chi connectivity index (χ4n) is 1.05. The number of ketones is 1. The summed E-state index contributed by atoms with van der Waals surface area (Å²) in [6, 6.07) is 2.84. The van der Waals surface area contributed by atoms with Gasteiger partial charge in [-0.25, -0.2) is 0 Å². The number of hydrogen-bond acceptors (Lipinski definition) is 3. The number of pyridine rings is 1. The lowest BCUT2D eigenvalue weighted by atomic mass is 10.2. The molecule has 1 rings (SSSR count). The minimum Gasteiger partial charge on any atom is -0.405 e. The van der Waals surface area contributed by atoms with Gasteiger partial charge in [-0.1, -0.05) is 6.92 Å². The first-order chi connectivity index (χ1) is 7.92. The van der Waals surface area contributed by atoms with Crippen LogP contribution in [-0.2, 0) is 9.53 Å². The predicted octanol–water partition coefficient (Wildman–Crippen LogP) is 2.94. The second-order valence-electron chi connectivity index (χ2n) is 3.12. The summed E-state index contributed by atoms with van der Waals surface area (Å²) in [7, 11) is 0. The molecule has 1 aromatic rings. The Morgan fingerprint density at radius 1 is 1.53 bits per heavy atom. The number of hydrogen-bond donors (Lipinski definition) is 0. The van der Waals surface area contributed by atoms with Crippen LogP contribution in [0.25, 0.3) is 5.76 Å². The predicted molar refractivity (Wildman–Crippen MR) is 54.7 cm³/mol. The molecule has 0 amide bonds. The SMILES string of the molecule is CCC(=O)C=C(OC(F)(F)F)c1cccnc1. The monoisotopic (exact) mass is 245 g/mol. The zero-order chi connectivity index (χ0) is 12.9. The fourth-order valence-corrected chi connectivity index (χ4v) is 1.05. The third kappa shape index (κ3) is 4.67. The summed E-state index contributed by atoms with van der Waals surface area (Å²) in [4.78, 5) is 14.8. The molecule has 0 aliphatic heterocycles. The van der Waals surface area contributed by atoms with Crippen LogP contribution in [0.4, 0.5) is 13.2 Å². The Labute approximate surface area is 95.9 Å². The molecule has 0 N–H and O–H groups in total. The largest absolute Gasteiger partial charge is 0.573 e. The van der Waals surface area contributed by atoms with E-state index >= 15 is 0 Å². The molecule has 0 fully saturated rings. The van der Waals surface area contributed by atoms with Gasteiger partial charge in [0.2, 0.25) is 0 Å². The lowest BCUT2D eigenvalue weighted by Gasteiger charge is -2.12. The van der Waals surface area contributed by atoms with Crippen molar-refractivity contribution in [3.05, 3.63) is 36.2 Å². The van der Waals surface area contributed by atoms with Crippen molar-refractivity contribution >= 4 is 11.5 Å². The molecule has 17 heavy (non-hydrogen) atoms. The maximum Gasteiger partial charge on any atom is 0.573 e. The third-order valence-electron chi connectivity index (χ3n) is 1.81. The molecule has 0 aromatic carbocycles. The van der Waals surface area contributed by atoms with Gasteiger partial charge in [0, 0.05) is 30.5 Å². The van der Waals surface area contributed by atoms with Gasteiger partial charge < -0.3 is 4.74 Å². The van der Waals surface area contributed by atoms with Crippen molar-refractivity contribution in [3.63, 3.8) is 0 Å². The molecule has 0 spiro atoms. The van der Waals surface area contributed by atoms with Gasteiger partial charge in [0.25, 0.3) is 0 Å². The second-order valence-corrected chi connectivity index (χ2v) is 3.12. The lowest BCUT2D eigenvalue weighted by Crippen LogP contribution is -2.13. The highest BCUT2D eigenvalue weighted by Gasteiger charge is 2.32. The maximum atomic E-state index is 12.2. The molecule has 0 aliphatic carbocycles. The normalized spacial score (nSPS) is 12.4. The van der Waals surface area contributed by atoms with Crippen molar-refractivity contribution in [1.82, 2.24) is 4.98 Å². The Hall–Kier alpha value is -1.85. The Balaban J connectivity index is 3.03. The van der Waals surface area contributed by atoms with E-state index in [4.69, 9.17) is 0 Å². The Kier molecular flexibility index (Phi) is 4.25. The molecule has 0 atom stereocenters. The van der Waals surface area contributed by atoms with Crippen molar-refractivity contribution < 1.29 is 22.7 Å². The van der Waals surface area contributed by atoms with E-state index < -0.39 is 17.9 Å². The van der Waals surface area contributed by atoms with Crippen LogP contribution in [0.3, 0.4) is 0 Å². The van der Waals surface area contributed by atoms with Gasteiger partial charge in [0.15, 0.2) is 5.78 Å². The summed E-state index contributed by atoms with van der Waals surface area (Å²) in [6.07, 6.45) is -1.30. The van der Waals surface area contributed by atoms with E-state index in [1.54, 1.807) is 6.92 Å². The van der Waals surface area contributed by atoms with Crippen LogP contribution < -0.4 is 0 Å². The minimum atomic E-state index is -4.84. The van der Waals surface area contributed by atoms with Gasteiger partial charge >= 0.3 is 6.36 Å². The zero-order valence-electron chi connectivity index (χ0n) is 8.99. The first kappa shape index (κ1) is 13.2. The van der Waals surface area contributed by atoms with E-state index in [1.807, 2.05) is 0 Å². The number of ether oxygens (including phenoxy) is 1. The van der Waals surface area contributed by atoms with Gasteiger partial charge in [0.05, 0.1) is 0 Å². The standard InChI is InChI=1S/C11H10F3NO2/c1-2-9(16)6-10(17-11(12,13)14)8-4-3-5-15-7-8/h3-7H,2H2,1H3. The van der Waals surface area contributed by atoms with E-state index in [1.165, 1.54) is 24.5 Å². The van der Waals surface area contributed by atoms with Crippen LogP contribution in [0.1, 0.15) is 18.9 Å². The molecule has 1 heterocycles. The Bertz CT molecular complexity index is 412. The van der Waals surface area contributed by atoms with E-state index in [0.717, 1.165) is 6.08 Å². The zero-order valence-corrected chi connectivity index (χ0v) is 8.99. The van der Waals surface area contributed by atoms with Crippen LogP contribution in [0.2, 0.25) is 0 Å². The topological polar surface area (TPSA) is 39.2 Å². The van der Waals surface area contributed by atoms with E-state index in [0.29, 0.717) is 0 Å². The van der Waals surface area contributed by atoms with E-state index in [-0.39, 0.29) is 12.0 Å². The molecule has 0 unspecified atom stereocenters. The molecule has 6 heteroatoms. The molecule has 0 bridgehead atoms. The molecule has 0 aliphatic rings. The molecule has 0 radical (unpaired) electrons. The summed E-state index contributed by atoms with van der Waals surface area (Å²) in [5.41, 5.74) is 0.103. The first-order valence-electron chi connectivity index (χ1n) is 4.83. The second kappa shape index (κ2) is 5.47. The van der Waals surface area contributed by atoms with E-state index in [2.05, 4.69) is 9.72 Å². The van der Waals surface area contributed by atoms with Crippen LogP contribution in [0.15, 0.2) is 30.6 Å². The van der Waals surface area contributed by atoms with E-state index in [9.17, 15) is 18.0 Å². The van der Waals surface area contributed by atoms with Gasteiger partial charge in [-0.15, -0.1) is 13.2 Å². The van der Waals surface area contributed by atoms with Crippen LogP contribution in [0.5, 0.6) is 0 Å². The molecular weight excluding hydrogens is 235 g/mol. The number of alkyl halides is 3. The van der Waals surface area contributed by atoms with Crippen molar-refractivity contribution in [3.8, 4) is 0 Å². The number of carbonyl (C=O) groups excluding carboxylic acids is 1. The first-order valence-corrected chi connectivity index (χ1v) is 4.83. The lowest BCUT2D eigenvalue weighted by molar-refractivity contribution is -0.290. The smallest absolute Gasteiger partial charge is 0.405 e. The summed E-state index contributed by atoms with van der Waals surface area (Å²) in [6.45, 7) is 1.55. The number of allylic oxidation sites excluding steroid dienone is 1. The van der Waals surface area contributed by atoms with Gasteiger partial charge in [-0.05, 0) is 12.1 Å². The van der Waals surface area contributed by atoms with Crippen molar-refractivity contribution in [1.29, 1.82) is 0 Å². The van der Waals surface area contributed by atoms with Gasteiger partial charge in [0.1, 0.15) is 5.76 Å². The van der Waals surface area contributed by atoms with Crippen LogP contribution in [-0.4, -0.2) is 17.1 Å². The molecular formula is C11H10F3NO2. The molecule has 1 aromatic heterocycles. The van der Waals surface area contributed by atoms with Crippen molar-refractivity contribution in [2.75, 3.05) is 0 Å². The molecule has 0 saturated carbocycles. The maximum absolute atomic E-state index is 12.2. The number of nitrogens with zero attached hydrogens (tertiary/aromatic N) is 1. The number of rotatable bonds is 4. The highest BCUT2D eigenvalue weighted by Crippen LogP contribution is 2.26. The third-order valence-corrected chi connectivity index (χ3v) is 1.81. The Morgan fingerprint density at radius 2 is 2.24 bits per heavy atom. The highest BCUT2D eigenvalue weighted by molar-refractivity contribution is 5.95. The average Bonchev–Trinajstić information content (AvgIpc) is 2.27. The van der Waals surface area contributed by atoms with Crippen LogP contribution >= 0.6 is 0 Å². The van der Waals surface area contributed by atoms with Crippen LogP contribution in [0, 0.1) is 0 Å².